The first-order chi connectivity index (χ1) is 9.26. The van der Waals surface area contributed by atoms with Crippen molar-refractivity contribution >= 4 is 22.0 Å². The van der Waals surface area contributed by atoms with Crippen molar-refractivity contribution in [3.8, 4) is 5.75 Å². The summed E-state index contributed by atoms with van der Waals surface area (Å²) in [6.07, 6.45) is 0.318. The van der Waals surface area contributed by atoms with E-state index in [1.54, 1.807) is 0 Å². The third-order valence-corrected chi connectivity index (χ3v) is 2.87. The maximum absolute atomic E-state index is 11.6. The number of amides is 1. The highest BCUT2D eigenvalue weighted by Crippen LogP contribution is 2.17. The summed E-state index contributed by atoms with van der Waals surface area (Å²) in [6.45, 7) is 7.98. The van der Waals surface area contributed by atoms with E-state index in [1.165, 1.54) is 0 Å². The van der Waals surface area contributed by atoms with Gasteiger partial charge in [0.2, 0.25) is 0 Å². The molecule has 1 atom stereocenters. The molecule has 1 N–H and O–H groups in total. The highest BCUT2D eigenvalue weighted by Gasteiger charge is 2.17. The average Bonchev–Trinajstić information content (AvgIpc) is 2.25. The number of benzene rings is 1. The van der Waals surface area contributed by atoms with Gasteiger partial charge in [0.25, 0.3) is 0 Å². The standard InChI is InChI=1S/C15H22BrNO3/c1-11(17-14(18)20-15(2,3)4)8-9-19-13-7-5-6-12(16)10-13/h5-7,10-11H,8-9H2,1-4H3,(H,17,18)/t11-/m0/s1. The summed E-state index contributed by atoms with van der Waals surface area (Å²) in [5.74, 6) is 0.809. The largest absolute Gasteiger partial charge is 0.493 e. The third-order valence-electron chi connectivity index (χ3n) is 2.38. The molecule has 0 aliphatic carbocycles. The lowest BCUT2D eigenvalue weighted by Crippen LogP contribution is -2.38. The number of rotatable bonds is 5. The molecule has 1 aromatic carbocycles. The first kappa shape index (κ1) is 16.8. The Morgan fingerprint density at radius 3 is 2.70 bits per heavy atom. The Hall–Kier alpha value is -1.23. The number of hydrogen-bond acceptors (Lipinski definition) is 3. The SMILES string of the molecule is C[C@@H](CCOc1cccc(Br)c1)NC(=O)OC(C)(C)C. The van der Waals surface area contributed by atoms with Gasteiger partial charge in [-0.25, -0.2) is 4.79 Å². The molecular formula is C15H22BrNO3. The van der Waals surface area contributed by atoms with Gasteiger partial charge in [0.15, 0.2) is 0 Å². The topological polar surface area (TPSA) is 47.6 Å². The number of hydrogen-bond donors (Lipinski definition) is 1. The van der Waals surface area contributed by atoms with Crippen LogP contribution in [-0.4, -0.2) is 24.3 Å². The van der Waals surface area contributed by atoms with E-state index < -0.39 is 11.7 Å². The van der Waals surface area contributed by atoms with Crippen LogP contribution in [0.5, 0.6) is 5.75 Å². The highest BCUT2D eigenvalue weighted by molar-refractivity contribution is 9.10. The predicted octanol–water partition coefficient (Wildman–Crippen LogP) is 4.13. The second kappa shape index (κ2) is 7.53. The fourth-order valence-corrected chi connectivity index (χ4v) is 1.87. The molecule has 0 fully saturated rings. The van der Waals surface area contributed by atoms with Crippen molar-refractivity contribution in [1.82, 2.24) is 5.32 Å². The highest BCUT2D eigenvalue weighted by atomic mass is 79.9. The van der Waals surface area contributed by atoms with Gasteiger partial charge in [-0.3, -0.25) is 0 Å². The van der Waals surface area contributed by atoms with E-state index in [-0.39, 0.29) is 6.04 Å². The molecule has 1 amide bonds. The minimum absolute atomic E-state index is 0.00278. The van der Waals surface area contributed by atoms with Gasteiger partial charge in [-0.1, -0.05) is 22.0 Å². The average molecular weight is 344 g/mol. The number of halogens is 1. The summed E-state index contributed by atoms with van der Waals surface area (Å²) < 4.78 is 11.8. The Balaban J connectivity index is 2.26. The minimum atomic E-state index is -0.476. The Kier molecular flexibility index (Phi) is 6.33. The monoisotopic (exact) mass is 343 g/mol. The van der Waals surface area contributed by atoms with E-state index in [9.17, 15) is 4.79 Å². The first-order valence-electron chi connectivity index (χ1n) is 6.64. The van der Waals surface area contributed by atoms with E-state index in [1.807, 2.05) is 52.0 Å². The maximum atomic E-state index is 11.6. The van der Waals surface area contributed by atoms with Crippen molar-refractivity contribution < 1.29 is 14.3 Å². The molecular weight excluding hydrogens is 322 g/mol. The van der Waals surface area contributed by atoms with Crippen LogP contribution in [0, 0.1) is 0 Å². The van der Waals surface area contributed by atoms with E-state index >= 15 is 0 Å². The third kappa shape index (κ3) is 7.38. The summed E-state index contributed by atoms with van der Waals surface area (Å²) >= 11 is 3.39. The van der Waals surface area contributed by atoms with E-state index in [0.717, 1.165) is 10.2 Å². The van der Waals surface area contributed by atoms with Crippen molar-refractivity contribution in [2.45, 2.75) is 45.8 Å². The molecule has 0 bridgehead atoms. The summed E-state index contributed by atoms with van der Waals surface area (Å²) in [4.78, 5) is 11.6. The van der Waals surface area contributed by atoms with Crippen molar-refractivity contribution in [2.75, 3.05) is 6.61 Å². The van der Waals surface area contributed by atoms with Gasteiger partial charge in [-0.2, -0.15) is 0 Å². The van der Waals surface area contributed by atoms with Crippen LogP contribution in [0.25, 0.3) is 0 Å². The van der Waals surface area contributed by atoms with Crippen LogP contribution in [0.15, 0.2) is 28.7 Å². The van der Waals surface area contributed by atoms with Gasteiger partial charge in [-0.05, 0) is 45.9 Å². The second-order valence-electron chi connectivity index (χ2n) is 5.64. The molecule has 0 radical (unpaired) electrons. The molecule has 0 saturated heterocycles. The molecule has 0 heterocycles. The quantitative estimate of drug-likeness (QED) is 0.874. The fraction of sp³-hybridized carbons (Fsp3) is 0.533. The smallest absolute Gasteiger partial charge is 0.407 e. The summed E-state index contributed by atoms with van der Waals surface area (Å²) in [6, 6.07) is 7.67. The van der Waals surface area contributed by atoms with E-state index in [2.05, 4.69) is 21.2 Å². The lowest BCUT2D eigenvalue weighted by molar-refractivity contribution is 0.0503. The Bertz CT molecular complexity index is 443. The summed E-state index contributed by atoms with van der Waals surface area (Å²) in [7, 11) is 0. The second-order valence-corrected chi connectivity index (χ2v) is 6.56. The van der Waals surface area contributed by atoms with Crippen LogP contribution in [-0.2, 0) is 4.74 Å². The van der Waals surface area contributed by atoms with Gasteiger partial charge >= 0.3 is 6.09 Å². The van der Waals surface area contributed by atoms with Crippen molar-refractivity contribution in [3.05, 3.63) is 28.7 Å². The molecule has 0 unspecified atom stereocenters. The Labute approximate surface area is 129 Å². The lowest BCUT2D eigenvalue weighted by Gasteiger charge is -2.22. The van der Waals surface area contributed by atoms with Gasteiger partial charge in [0.05, 0.1) is 6.61 Å². The maximum Gasteiger partial charge on any atom is 0.407 e. The first-order valence-corrected chi connectivity index (χ1v) is 7.43. The predicted molar refractivity (Wildman–Crippen MR) is 83.1 cm³/mol. The minimum Gasteiger partial charge on any atom is -0.493 e. The van der Waals surface area contributed by atoms with Gasteiger partial charge in [-0.15, -0.1) is 0 Å². The van der Waals surface area contributed by atoms with Crippen LogP contribution < -0.4 is 10.1 Å². The lowest BCUT2D eigenvalue weighted by atomic mass is 10.2. The summed E-state index contributed by atoms with van der Waals surface area (Å²) in [5, 5.41) is 2.78. The molecule has 4 nitrogen and oxygen atoms in total. The number of nitrogens with one attached hydrogen (secondary N) is 1. The van der Waals surface area contributed by atoms with Crippen LogP contribution in [0.1, 0.15) is 34.1 Å². The molecule has 0 spiro atoms. The van der Waals surface area contributed by atoms with E-state index in [4.69, 9.17) is 9.47 Å². The number of carbonyl (C=O) groups is 1. The fourth-order valence-electron chi connectivity index (χ4n) is 1.49. The normalized spacial score (nSPS) is 12.7. The molecule has 112 valence electrons. The number of ether oxygens (including phenoxy) is 2. The van der Waals surface area contributed by atoms with Crippen LogP contribution in [0.3, 0.4) is 0 Å². The van der Waals surface area contributed by atoms with Crippen molar-refractivity contribution in [1.29, 1.82) is 0 Å². The van der Waals surface area contributed by atoms with Gasteiger partial charge < -0.3 is 14.8 Å². The molecule has 0 saturated carbocycles. The molecule has 0 aromatic heterocycles. The Morgan fingerprint density at radius 2 is 2.10 bits per heavy atom. The van der Waals surface area contributed by atoms with Gasteiger partial charge in [0.1, 0.15) is 11.4 Å². The number of carbonyl (C=O) groups excluding carboxylic acids is 1. The zero-order valence-corrected chi connectivity index (χ0v) is 14.0. The molecule has 0 aliphatic heterocycles. The van der Waals surface area contributed by atoms with Gasteiger partial charge in [0, 0.05) is 16.9 Å². The molecule has 0 aliphatic rings. The Morgan fingerprint density at radius 1 is 1.40 bits per heavy atom. The zero-order chi connectivity index (χ0) is 15.2. The van der Waals surface area contributed by atoms with E-state index in [0.29, 0.717) is 13.0 Å². The number of alkyl carbamates (subject to hydrolysis) is 1. The summed E-state index contributed by atoms with van der Waals surface area (Å²) in [5.41, 5.74) is -0.476. The molecule has 1 aromatic rings. The molecule has 5 heteroatoms. The molecule has 1 rings (SSSR count). The van der Waals surface area contributed by atoms with Crippen molar-refractivity contribution in [3.63, 3.8) is 0 Å². The van der Waals surface area contributed by atoms with Crippen LogP contribution in [0.4, 0.5) is 4.79 Å². The van der Waals surface area contributed by atoms with Crippen molar-refractivity contribution in [2.24, 2.45) is 0 Å². The van der Waals surface area contributed by atoms with Crippen LogP contribution in [0.2, 0.25) is 0 Å². The molecule has 20 heavy (non-hydrogen) atoms. The van der Waals surface area contributed by atoms with Crippen LogP contribution >= 0.6 is 15.9 Å². The zero-order valence-electron chi connectivity index (χ0n) is 12.4.